The van der Waals surface area contributed by atoms with Crippen molar-refractivity contribution >= 4 is 11.6 Å². The molecule has 20 heavy (non-hydrogen) atoms. The molecule has 4 nitrogen and oxygen atoms in total. The van der Waals surface area contributed by atoms with Crippen LogP contribution < -0.4 is 10.6 Å². The van der Waals surface area contributed by atoms with E-state index in [1.807, 2.05) is 42.2 Å². The Morgan fingerprint density at radius 1 is 1.20 bits per heavy atom. The van der Waals surface area contributed by atoms with Gasteiger partial charge in [-0.1, -0.05) is 18.2 Å². The van der Waals surface area contributed by atoms with Crippen LogP contribution in [0.4, 0.5) is 10.1 Å². The fourth-order valence-corrected chi connectivity index (χ4v) is 2.51. The molecule has 1 unspecified atom stereocenters. The van der Waals surface area contributed by atoms with Crippen LogP contribution in [0.15, 0.2) is 53.7 Å². The van der Waals surface area contributed by atoms with Crippen molar-refractivity contribution < 1.29 is 4.39 Å². The third-order valence-corrected chi connectivity index (χ3v) is 3.57. The summed E-state index contributed by atoms with van der Waals surface area (Å²) < 4.78 is 13.1. The number of hydrogen-bond acceptors (Lipinski definition) is 4. The summed E-state index contributed by atoms with van der Waals surface area (Å²) in [4.78, 5) is 10.5. The highest BCUT2D eigenvalue weighted by molar-refractivity contribution is 5.98. The van der Waals surface area contributed by atoms with E-state index in [2.05, 4.69) is 9.98 Å². The summed E-state index contributed by atoms with van der Waals surface area (Å²) in [7, 11) is 0. The average molecular weight is 270 g/mol. The summed E-state index contributed by atoms with van der Waals surface area (Å²) in [5, 5.41) is 0. The molecule has 2 aromatic rings. The number of aliphatic imine (C=N–C) groups is 1. The van der Waals surface area contributed by atoms with Crippen LogP contribution in [0.3, 0.4) is 0 Å². The average Bonchev–Trinajstić information content (AvgIpc) is 2.77. The fourth-order valence-electron chi connectivity index (χ4n) is 2.51. The van der Waals surface area contributed by atoms with Gasteiger partial charge < -0.3 is 5.73 Å². The number of pyridine rings is 1. The highest BCUT2D eigenvalue weighted by Crippen LogP contribution is 2.35. The van der Waals surface area contributed by atoms with E-state index in [1.165, 1.54) is 12.3 Å². The van der Waals surface area contributed by atoms with E-state index in [-0.39, 0.29) is 5.82 Å². The van der Waals surface area contributed by atoms with E-state index >= 15 is 0 Å². The summed E-state index contributed by atoms with van der Waals surface area (Å²) >= 11 is 0. The topological polar surface area (TPSA) is 54.5 Å². The van der Waals surface area contributed by atoms with Gasteiger partial charge in [-0.3, -0.25) is 14.9 Å². The molecule has 0 spiro atoms. The SMILES string of the molecule is CC1(c2ccc(F)cn2)CN=C(N)N1c1ccccc1. The van der Waals surface area contributed by atoms with Crippen molar-refractivity contribution in [2.45, 2.75) is 12.5 Å². The summed E-state index contributed by atoms with van der Waals surface area (Å²) in [6, 6.07) is 12.9. The molecular formula is C15H15FN4. The molecule has 1 aromatic heterocycles. The van der Waals surface area contributed by atoms with Crippen molar-refractivity contribution in [2.75, 3.05) is 11.4 Å². The van der Waals surface area contributed by atoms with Gasteiger partial charge in [0.25, 0.3) is 0 Å². The van der Waals surface area contributed by atoms with Crippen molar-refractivity contribution in [3.8, 4) is 0 Å². The molecule has 2 N–H and O–H groups in total. The molecule has 0 aliphatic carbocycles. The summed E-state index contributed by atoms with van der Waals surface area (Å²) in [5.41, 5.74) is 7.21. The predicted molar refractivity (Wildman–Crippen MR) is 77.0 cm³/mol. The van der Waals surface area contributed by atoms with E-state index in [0.29, 0.717) is 12.5 Å². The Labute approximate surface area is 116 Å². The zero-order valence-corrected chi connectivity index (χ0v) is 11.1. The normalized spacial score (nSPS) is 21.9. The minimum atomic E-state index is -0.501. The number of aromatic nitrogens is 1. The number of anilines is 1. The summed E-state index contributed by atoms with van der Waals surface area (Å²) in [6.45, 7) is 2.50. The number of halogens is 1. The molecule has 5 heteroatoms. The van der Waals surface area contributed by atoms with Crippen molar-refractivity contribution in [1.29, 1.82) is 0 Å². The summed E-state index contributed by atoms with van der Waals surface area (Å²) in [6.07, 6.45) is 1.22. The zero-order chi connectivity index (χ0) is 14.2. The van der Waals surface area contributed by atoms with Gasteiger partial charge in [0.1, 0.15) is 11.4 Å². The van der Waals surface area contributed by atoms with Gasteiger partial charge >= 0.3 is 0 Å². The van der Waals surface area contributed by atoms with Crippen molar-refractivity contribution in [3.05, 3.63) is 60.2 Å². The van der Waals surface area contributed by atoms with Crippen LogP contribution in [0.5, 0.6) is 0 Å². The van der Waals surface area contributed by atoms with Gasteiger partial charge in [0.15, 0.2) is 5.96 Å². The number of nitrogens with two attached hydrogens (primary N) is 1. The largest absolute Gasteiger partial charge is 0.369 e. The second-order valence-corrected chi connectivity index (χ2v) is 4.98. The van der Waals surface area contributed by atoms with Crippen LogP contribution in [0, 0.1) is 5.82 Å². The van der Waals surface area contributed by atoms with E-state index in [1.54, 1.807) is 6.07 Å². The zero-order valence-electron chi connectivity index (χ0n) is 11.1. The highest BCUT2D eigenvalue weighted by atomic mass is 19.1. The molecule has 1 aromatic carbocycles. The fraction of sp³-hybridized carbons (Fsp3) is 0.200. The van der Waals surface area contributed by atoms with Crippen LogP contribution in [-0.2, 0) is 5.54 Å². The Kier molecular flexibility index (Phi) is 2.89. The van der Waals surface area contributed by atoms with E-state index in [0.717, 1.165) is 11.4 Å². The minimum Gasteiger partial charge on any atom is -0.369 e. The molecule has 0 amide bonds. The lowest BCUT2D eigenvalue weighted by molar-refractivity contribution is 0.511. The van der Waals surface area contributed by atoms with E-state index < -0.39 is 5.54 Å². The van der Waals surface area contributed by atoms with Crippen molar-refractivity contribution in [3.63, 3.8) is 0 Å². The molecule has 0 fully saturated rings. The number of benzene rings is 1. The van der Waals surface area contributed by atoms with Crippen molar-refractivity contribution in [1.82, 2.24) is 4.98 Å². The van der Waals surface area contributed by atoms with Crippen LogP contribution in [-0.4, -0.2) is 17.5 Å². The van der Waals surface area contributed by atoms with Gasteiger partial charge in [-0.05, 0) is 31.2 Å². The van der Waals surface area contributed by atoms with Crippen LogP contribution in [0.1, 0.15) is 12.6 Å². The first-order chi connectivity index (χ1) is 9.61. The quantitative estimate of drug-likeness (QED) is 0.910. The molecule has 0 bridgehead atoms. The predicted octanol–water partition coefficient (Wildman–Crippen LogP) is 2.27. The Bertz CT molecular complexity index is 639. The maximum atomic E-state index is 13.1. The van der Waals surface area contributed by atoms with Gasteiger partial charge in [-0.2, -0.15) is 0 Å². The first kappa shape index (κ1) is 12.6. The first-order valence-electron chi connectivity index (χ1n) is 6.38. The molecule has 1 atom stereocenters. The Hall–Kier alpha value is -2.43. The van der Waals surface area contributed by atoms with Crippen LogP contribution >= 0.6 is 0 Å². The number of hydrogen-bond donors (Lipinski definition) is 1. The van der Waals surface area contributed by atoms with Crippen LogP contribution in [0.2, 0.25) is 0 Å². The van der Waals surface area contributed by atoms with Gasteiger partial charge in [0, 0.05) is 5.69 Å². The summed E-state index contributed by atoms with van der Waals surface area (Å²) in [5.74, 6) is 0.0975. The van der Waals surface area contributed by atoms with Gasteiger partial charge in [-0.15, -0.1) is 0 Å². The maximum Gasteiger partial charge on any atom is 0.196 e. The Morgan fingerprint density at radius 3 is 2.60 bits per heavy atom. The molecule has 102 valence electrons. The minimum absolute atomic E-state index is 0.351. The highest BCUT2D eigenvalue weighted by Gasteiger charge is 2.41. The second kappa shape index (κ2) is 4.59. The smallest absolute Gasteiger partial charge is 0.196 e. The maximum absolute atomic E-state index is 13.1. The standard InChI is InChI=1S/C15H15FN4/c1-15(13-8-7-11(16)9-18-13)10-19-14(17)20(15)12-5-3-2-4-6-12/h2-9H,10H2,1H3,(H2,17,19). The molecule has 1 aliphatic rings. The van der Waals surface area contributed by atoms with Crippen molar-refractivity contribution in [2.24, 2.45) is 10.7 Å². The Balaban J connectivity index is 2.06. The lowest BCUT2D eigenvalue weighted by Crippen LogP contribution is -2.48. The first-order valence-corrected chi connectivity index (χ1v) is 6.38. The monoisotopic (exact) mass is 270 g/mol. The third kappa shape index (κ3) is 1.91. The third-order valence-electron chi connectivity index (χ3n) is 3.57. The second-order valence-electron chi connectivity index (χ2n) is 4.98. The number of nitrogens with zero attached hydrogens (tertiary/aromatic N) is 3. The molecule has 2 heterocycles. The molecule has 0 saturated carbocycles. The number of guanidine groups is 1. The lowest BCUT2D eigenvalue weighted by Gasteiger charge is -2.35. The molecule has 0 saturated heterocycles. The molecule has 3 rings (SSSR count). The van der Waals surface area contributed by atoms with Gasteiger partial charge in [0.2, 0.25) is 0 Å². The van der Waals surface area contributed by atoms with E-state index in [9.17, 15) is 4.39 Å². The van der Waals surface area contributed by atoms with Crippen LogP contribution in [0.25, 0.3) is 0 Å². The van der Waals surface area contributed by atoms with E-state index in [4.69, 9.17) is 5.73 Å². The van der Waals surface area contributed by atoms with Gasteiger partial charge in [0.05, 0.1) is 18.4 Å². The lowest BCUT2D eigenvalue weighted by atomic mass is 9.95. The van der Waals surface area contributed by atoms with Gasteiger partial charge in [-0.25, -0.2) is 4.39 Å². The molecule has 0 radical (unpaired) electrons. The molecule has 1 aliphatic heterocycles. The number of para-hydroxylation sites is 1. The Morgan fingerprint density at radius 2 is 1.95 bits per heavy atom. The number of rotatable bonds is 2. The molecular weight excluding hydrogens is 255 g/mol.